The number of H-pyrrole nitrogens is 1. The van der Waals surface area contributed by atoms with Crippen molar-refractivity contribution in [3.05, 3.63) is 24.0 Å². The van der Waals surface area contributed by atoms with Crippen LogP contribution < -0.4 is 0 Å². The standard InChI is InChI=1S/C7H11ClN2/c1-10(2)7(8)6-4-3-5-9-6/h3-5,7,9H,1-2H3. The first-order chi connectivity index (χ1) is 4.72. The van der Waals surface area contributed by atoms with Gasteiger partial charge in [-0.2, -0.15) is 0 Å². The van der Waals surface area contributed by atoms with Gasteiger partial charge in [0.1, 0.15) is 5.50 Å². The molecule has 0 amide bonds. The van der Waals surface area contributed by atoms with Gasteiger partial charge in [-0.15, -0.1) is 0 Å². The fourth-order valence-electron chi connectivity index (χ4n) is 0.771. The maximum atomic E-state index is 5.98. The summed E-state index contributed by atoms with van der Waals surface area (Å²) in [6, 6.07) is 3.91. The van der Waals surface area contributed by atoms with Crippen molar-refractivity contribution in [2.24, 2.45) is 0 Å². The first kappa shape index (κ1) is 7.63. The molecular formula is C7H11ClN2. The van der Waals surface area contributed by atoms with Crippen LogP contribution >= 0.6 is 11.6 Å². The summed E-state index contributed by atoms with van der Waals surface area (Å²) >= 11 is 5.98. The first-order valence-electron chi connectivity index (χ1n) is 3.15. The maximum Gasteiger partial charge on any atom is 0.125 e. The summed E-state index contributed by atoms with van der Waals surface area (Å²) in [5.41, 5.74) is 0.988. The van der Waals surface area contributed by atoms with Crippen LogP contribution in [0.3, 0.4) is 0 Å². The van der Waals surface area contributed by atoms with E-state index in [0.717, 1.165) is 5.69 Å². The Morgan fingerprint density at radius 2 is 2.30 bits per heavy atom. The topological polar surface area (TPSA) is 19.0 Å². The van der Waals surface area contributed by atoms with E-state index >= 15 is 0 Å². The molecule has 1 unspecified atom stereocenters. The van der Waals surface area contributed by atoms with E-state index in [-0.39, 0.29) is 5.50 Å². The van der Waals surface area contributed by atoms with Gasteiger partial charge in [0.25, 0.3) is 0 Å². The third kappa shape index (κ3) is 1.52. The highest BCUT2D eigenvalue weighted by atomic mass is 35.5. The van der Waals surface area contributed by atoms with Gasteiger partial charge in [-0.05, 0) is 26.2 Å². The maximum absolute atomic E-state index is 5.98. The third-order valence-corrected chi connectivity index (χ3v) is 1.96. The summed E-state index contributed by atoms with van der Waals surface area (Å²) < 4.78 is 0. The molecule has 0 bridgehead atoms. The zero-order valence-corrected chi connectivity index (χ0v) is 6.89. The van der Waals surface area contributed by atoms with Gasteiger partial charge in [-0.3, -0.25) is 4.90 Å². The molecule has 56 valence electrons. The molecule has 3 heteroatoms. The average molecular weight is 159 g/mol. The van der Waals surface area contributed by atoms with Crippen LogP contribution in [0.4, 0.5) is 0 Å². The van der Waals surface area contributed by atoms with Crippen molar-refractivity contribution in [1.29, 1.82) is 0 Å². The predicted molar refractivity (Wildman–Crippen MR) is 43.1 cm³/mol. The Kier molecular flexibility index (Phi) is 2.35. The molecule has 0 aliphatic heterocycles. The fraction of sp³-hybridized carbons (Fsp3) is 0.429. The lowest BCUT2D eigenvalue weighted by Crippen LogP contribution is -2.14. The molecule has 1 heterocycles. The molecule has 1 N–H and O–H groups in total. The van der Waals surface area contributed by atoms with Gasteiger partial charge in [0.2, 0.25) is 0 Å². The van der Waals surface area contributed by atoms with E-state index in [1.54, 1.807) is 0 Å². The summed E-state index contributed by atoms with van der Waals surface area (Å²) in [5.74, 6) is 0. The first-order valence-corrected chi connectivity index (χ1v) is 3.59. The molecule has 1 atom stereocenters. The van der Waals surface area contributed by atoms with E-state index in [1.807, 2.05) is 37.3 Å². The minimum Gasteiger partial charge on any atom is -0.363 e. The van der Waals surface area contributed by atoms with Crippen LogP contribution in [0.15, 0.2) is 18.3 Å². The quantitative estimate of drug-likeness (QED) is 0.514. The molecule has 0 aliphatic rings. The molecule has 10 heavy (non-hydrogen) atoms. The number of hydrogen-bond acceptors (Lipinski definition) is 1. The van der Waals surface area contributed by atoms with Crippen molar-refractivity contribution >= 4 is 11.6 Å². The minimum atomic E-state index is -0.0463. The van der Waals surface area contributed by atoms with Crippen LogP contribution in [-0.2, 0) is 0 Å². The SMILES string of the molecule is CN(C)C(Cl)c1ccc[nH]1. The van der Waals surface area contributed by atoms with Gasteiger partial charge in [-0.1, -0.05) is 11.6 Å². The average Bonchev–Trinajstić information content (AvgIpc) is 2.36. The number of rotatable bonds is 2. The van der Waals surface area contributed by atoms with Crippen molar-refractivity contribution in [3.63, 3.8) is 0 Å². The van der Waals surface area contributed by atoms with E-state index in [4.69, 9.17) is 11.6 Å². The molecule has 0 radical (unpaired) electrons. The van der Waals surface area contributed by atoms with Crippen molar-refractivity contribution in [2.45, 2.75) is 5.50 Å². The van der Waals surface area contributed by atoms with Gasteiger partial charge >= 0.3 is 0 Å². The van der Waals surface area contributed by atoms with Crippen molar-refractivity contribution < 1.29 is 0 Å². The summed E-state index contributed by atoms with van der Waals surface area (Å²) in [5, 5.41) is 0. The van der Waals surface area contributed by atoms with E-state index in [1.165, 1.54) is 0 Å². The predicted octanol–water partition coefficient (Wildman–Crippen LogP) is 1.81. The molecule has 0 aliphatic carbocycles. The van der Waals surface area contributed by atoms with E-state index in [9.17, 15) is 0 Å². The zero-order valence-electron chi connectivity index (χ0n) is 6.13. The van der Waals surface area contributed by atoms with Crippen LogP contribution in [-0.4, -0.2) is 24.0 Å². The lowest BCUT2D eigenvalue weighted by atomic mass is 10.4. The molecule has 0 saturated heterocycles. The van der Waals surface area contributed by atoms with Crippen LogP contribution in [0.5, 0.6) is 0 Å². The summed E-state index contributed by atoms with van der Waals surface area (Å²) in [4.78, 5) is 4.98. The molecule has 0 fully saturated rings. The van der Waals surface area contributed by atoms with Gasteiger partial charge in [0.05, 0.1) is 0 Å². The Labute approximate surface area is 65.8 Å². The summed E-state index contributed by atoms with van der Waals surface area (Å²) in [6.45, 7) is 0. The highest BCUT2D eigenvalue weighted by molar-refractivity contribution is 6.20. The second kappa shape index (κ2) is 3.08. The number of nitrogens with zero attached hydrogens (tertiary/aromatic N) is 1. The lowest BCUT2D eigenvalue weighted by Gasteiger charge is -2.15. The second-order valence-electron chi connectivity index (χ2n) is 2.42. The number of nitrogens with one attached hydrogen (secondary N) is 1. The van der Waals surface area contributed by atoms with E-state index in [2.05, 4.69) is 4.98 Å². The number of halogens is 1. The van der Waals surface area contributed by atoms with Crippen molar-refractivity contribution in [1.82, 2.24) is 9.88 Å². The lowest BCUT2D eigenvalue weighted by molar-refractivity contribution is 0.380. The van der Waals surface area contributed by atoms with Gasteiger partial charge in [0, 0.05) is 11.9 Å². The van der Waals surface area contributed by atoms with Crippen LogP contribution in [0, 0.1) is 0 Å². The molecule has 1 rings (SSSR count). The summed E-state index contributed by atoms with van der Waals surface area (Å²) in [6.07, 6.45) is 1.87. The zero-order chi connectivity index (χ0) is 7.56. The van der Waals surface area contributed by atoms with Crippen LogP contribution in [0.2, 0.25) is 0 Å². The number of alkyl halides is 1. The van der Waals surface area contributed by atoms with Gasteiger partial charge in [0.15, 0.2) is 0 Å². The Bertz CT molecular complexity index is 181. The molecule has 2 nitrogen and oxygen atoms in total. The van der Waals surface area contributed by atoms with Crippen LogP contribution in [0.1, 0.15) is 11.2 Å². The van der Waals surface area contributed by atoms with Crippen molar-refractivity contribution in [3.8, 4) is 0 Å². The largest absolute Gasteiger partial charge is 0.363 e. The molecule has 0 aromatic carbocycles. The number of aromatic amines is 1. The molecule has 0 spiro atoms. The number of hydrogen-bond donors (Lipinski definition) is 1. The number of aromatic nitrogens is 1. The normalized spacial score (nSPS) is 14.0. The Balaban J connectivity index is 2.68. The molecule has 0 saturated carbocycles. The Morgan fingerprint density at radius 1 is 1.60 bits per heavy atom. The highest BCUT2D eigenvalue weighted by Crippen LogP contribution is 2.19. The van der Waals surface area contributed by atoms with Gasteiger partial charge in [-0.25, -0.2) is 0 Å². The second-order valence-corrected chi connectivity index (χ2v) is 2.84. The van der Waals surface area contributed by atoms with Gasteiger partial charge < -0.3 is 4.98 Å². The minimum absolute atomic E-state index is 0.0463. The third-order valence-electron chi connectivity index (χ3n) is 1.33. The van der Waals surface area contributed by atoms with E-state index in [0.29, 0.717) is 0 Å². The molecular weight excluding hydrogens is 148 g/mol. The Morgan fingerprint density at radius 3 is 2.70 bits per heavy atom. The summed E-state index contributed by atoms with van der Waals surface area (Å²) in [7, 11) is 3.89. The van der Waals surface area contributed by atoms with E-state index < -0.39 is 0 Å². The van der Waals surface area contributed by atoms with Crippen LogP contribution in [0.25, 0.3) is 0 Å². The molecule has 1 aromatic heterocycles. The molecule has 1 aromatic rings. The smallest absolute Gasteiger partial charge is 0.125 e. The monoisotopic (exact) mass is 158 g/mol. The highest BCUT2D eigenvalue weighted by Gasteiger charge is 2.08. The fourth-order valence-corrected chi connectivity index (χ4v) is 0.906. The van der Waals surface area contributed by atoms with Crippen molar-refractivity contribution in [2.75, 3.05) is 14.1 Å². The Hall–Kier alpha value is -0.470.